The zero-order valence-electron chi connectivity index (χ0n) is 18.7. The highest BCUT2D eigenvalue weighted by atomic mass is 16.5. The standard InChI is InChI=1S/C23H29N5O3/c1-13-8-17-16(9-19(13)31-23(4)6-7-23)21(27-26-17)18-10-20(25-22(24-18)29-5)28-11-14(2)30-15(3)12-28/h8-10,14-15H,6-7,11-12H2,1-5H3,(H,26,27)/t14-,15+. The smallest absolute Gasteiger partial charge is 0.318 e. The molecule has 1 aliphatic heterocycles. The van der Waals surface area contributed by atoms with Crippen molar-refractivity contribution in [1.82, 2.24) is 20.2 Å². The summed E-state index contributed by atoms with van der Waals surface area (Å²) < 4.78 is 17.6. The van der Waals surface area contributed by atoms with E-state index in [2.05, 4.69) is 64.9 Å². The van der Waals surface area contributed by atoms with E-state index in [0.717, 1.165) is 59.7 Å². The Kier molecular flexibility index (Phi) is 4.77. The first-order valence-electron chi connectivity index (χ1n) is 10.9. The third-order valence-electron chi connectivity index (χ3n) is 6.03. The topological polar surface area (TPSA) is 85.4 Å². The fourth-order valence-electron chi connectivity index (χ4n) is 4.15. The maximum Gasteiger partial charge on any atom is 0.318 e. The number of hydrogen-bond donors (Lipinski definition) is 1. The molecule has 0 bridgehead atoms. The number of fused-ring (bicyclic) bond motifs is 1. The molecule has 1 saturated carbocycles. The molecule has 5 rings (SSSR count). The van der Waals surface area contributed by atoms with Gasteiger partial charge in [0, 0.05) is 24.5 Å². The molecular weight excluding hydrogens is 394 g/mol. The van der Waals surface area contributed by atoms with Crippen LogP contribution in [0.5, 0.6) is 11.8 Å². The first-order chi connectivity index (χ1) is 14.8. The van der Waals surface area contributed by atoms with Gasteiger partial charge in [-0.15, -0.1) is 0 Å². The van der Waals surface area contributed by atoms with Crippen LogP contribution in [-0.4, -0.2) is 58.2 Å². The largest absolute Gasteiger partial charge is 0.487 e. The molecule has 1 N–H and O–H groups in total. The summed E-state index contributed by atoms with van der Waals surface area (Å²) in [6, 6.07) is 6.45. The summed E-state index contributed by atoms with van der Waals surface area (Å²) >= 11 is 0. The number of anilines is 1. The number of nitrogens with one attached hydrogen (secondary N) is 1. The van der Waals surface area contributed by atoms with Crippen LogP contribution in [0.1, 0.15) is 39.2 Å². The van der Waals surface area contributed by atoms with Crippen molar-refractivity contribution in [2.24, 2.45) is 0 Å². The minimum atomic E-state index is -0.0443. The van der Waals surface area contributed by atoms with Crippen LogP contribution in [0, 0.1) is 6.92 Å². The van der Waals surface area contributed by atoms with E-state index < -0.39 is 0 Å². The first kappa shape index (κ1) is 20.1. The fraction of sp³-hybridized carbons (Fsp3) is 0.522. The summed E-state index contributed by atoms with van der Waals surface area (Å²) in [6.45, 7) is 9.90. The summed E-state index contributed by atoms with van der Waals surface area (Å²) in [4.78, 5) is 11.4. The summed E-state index contributed by atoms with van der Waals surface area (Å²) in [5, 5.41) is 8.70. The van der Waals surface area contributed by atoms with E-state index >= 15 is 0 Å². The molecule has 2 aliphatic rings. The molecule has 0 spiro atoms. The quantitative estimate of drug-likeness (QED) is 0.666. The highest BCUT2D eigenvalue weighted by Crippen LogP contribution is 2.42. The Morgan fingerprint density at radius 3 is 2.55 bits per heavy atom. The minimum Gasteiger partial charge on any atom is -0.487 e. The van der Waals surface area contributed by atoms with E-state index in [1.54, 1.807) is 7.11 Å². The summed E-state index contributed by atoms with van der Waals surface area (Å²) in [6.07, 6.45) is 2.44. The number of ether oxygens (including phenoxy) is 3. The molecule has 2 atom stereocenters. The number of morpholine rings is 1. The molecule has 31 heavy (non-hydrogen) atoms. The molecule has 2 aromatic heterocycles. The van der Waals surface area contributed by atoms with E-state index in [4.69, 9.17) is 14.2 Å². The molecule has 164 valence electrons. The average molecular weight is 424 g/mol. The van der Waals surface area contributed by atoms with Gasteiger partial charge in [-0.05, 0) is 58.2 Å². The number of rotatable bonds is 5. The van der Waals surface area contributed by atoms with E-state index in [0.29, 0.717) is 11.7 Å². The van der Waals surface area contributed by atoms with E-state index in [1.165, 1.54) is 0 Å². The highest BCUT2D eigenvalue weighted by molar-refractivity contribution is 5.94. The summed E-state index contributed by atoms with van der Waals surface area (Å²) in [5.74, 6) is 1.71. The van der Waals surface area contributed by atoms with Crippen molar-refractivity contribution in [2.45, 2.75) is 58.3 Å². The van der Waals surface area contributed by atoms with Gasteiger partial charge in [0.15, 0.2) is 0 Å². The SMILES string of the molecule is COc1nc(-c2n[nH]c3cc(C)c(OC4(C)CC4)cc23)cc(N2C[C@@H](C)O[C@@H](C)C2)n1. The number of hydrogen-bond acceptors (Lipinski definition) is 7. The number of H-pyrrole nitrogens is 1. The predicted molar refractivity (Wildman–Crippen MR) is 119 cm³/mol. The van der Waals surface area contributed by atoms with Gasteiger partial charge < -0.3 is 19.1 Å². The molecule has 1 saturated heterocycles. The first-order valence-corrected chi connectivity index (χ1v) is 10.9. The van der Waals surface area contributed by atoms with Gasteiger partial charge in [0.1, 0.15) is 28.6 Å². The van der Waals surface area contributed by atoms with Crippen molar-refractivity contribution in [3.8, 4) is 23.1 Å². The number of benzene rings is 1. The predicted octanol–water partition coefficient (Wildman–Crippen LogP) is 3.88. The lowest BCUT2D eigenvalue weighted by molar-refractivity contribution is -0.00549. The Labute approximate surface area is 181 Å². The summed E-state index contributed by atoms with van der Waals surface area (Å²) in [7, 11) is 1.59. The lowest BCUT2D eigenvalue weighted by atomic mass is 10.1. The van der Waals surface area contributed by atoms with Crippen molar-refractivity contribution >= 4 is 16.7 Å². The molecule has 8 nitrogen and oxygen atoms in total. The third kappa shape index (κ3) is 3.92. The molecular formula is C23H29N5O3. The van der Waals surface area contributed by atoms with Crippen molar-refractivity contribution in [3.05, 3.63) is 23.8 Å². The Morgan fingerprint density at radius 1 is 1.13 bits per heavy atom. The van der Waals surface area contributed by atoms with Crippen LogP contribution in [0.3, 0.4) is 0 Å². The van der Waals surface area contributed by atoms with Gasteiger partial charge in [-0.3, -0.25) is 5.10 Å². The Bertz CT molecular complexity index is 1110. The number of methoxy groups -OCH3 is 1. The maximum absolute atomic E-state index is 6.28. The van der Waals surface area contributed by atoms with Crippen LogP contribution in [-0.2, 0) is 4.74 Å². The van der Waals surface area contributed by atoms with Crippen LogP contribution >= 0.6 is 0 Å². The number of aryl methyl sites for hydroxylation is 1. The molecule has 3 aromatic rings. The van der Waals surface area contributed by atoms with Gasteiger partial charge in [-0.1, -0.05) is 0 Å². The number of aromatic amines is 1. The maximum atomic E-state index is 6.28. The summed E-state index contributed by atoms with van der Waals surface area (Å²) in [5.41, 5.74) is 3.48. The van der Waals surface area contributed by atoms with Gasteiger partial charge >= 0.3 is 6.01 Å². The molecule has 1 aromatic carbocycles. The Hall–Kier alpha value is -2.87. The van der Waals surface area contributed by atoms with E-state index in [1.807, 2.05) is 6.07 Å². The Morgan fingerprint density at radius 2 is 1.87 bits per heavy atom. The minimum absolute atomic E-state index is 0.0443. The Balaban J connectivity index is 1.57. The van der Waals surface area contributed by atoms with Crippen molar-refractivity contribution in [2.75, 3.05) is 25.1 Å². The zero-order chi connectivity index (χ0) is 21.8. The molecule has 0 amide bonds. The second-order valence-electron chi connectivity index (χ2n) is 9.05. The molecule has 3 heterocycles. The van der Waals surface area contributed by atoms with Gasteiger partial charge in [-0.2, -0.15) is 15.1 Å². The van der Waals surface area contributed by atoms with Gasteiger partial charge in [0.25, 0.3) is 0 Å². The fourth-order valence-corrected chi connectivity index (χ4v) is 4.15. The van der Waals surface area contributed by atoms with E-state index in [-0.39, 0.29) is 17.8 Å². The average Bonchev–Trinajstić information content (AvgIpc) is 3.32. The van der Waals surface area contributed by atoms with Crippen molar-refractivity contribution in [3.63, 3.8) is 0 Å². The van der Waals surface area contributed by atoms with Crippen LogP contribution in [0.2, 0.25) is 0 Å². The monoisotopic (exact) mass is 423 g/mol. The van der Waals surface area contributed by atoms with Gasteiger partial charge in [0.2, 0.25) is 0 Å². The zero-order valence-corrected chi connectivity index (χ0v) is 18.7. The van der Waals surface area contributed by atoms with Crippen LogP contribution in [0.4, 0.5) is 5.82 Å². The lowest BCUT2D eigenvalue weighted by Crippen LogP contribution is -2.45. The number of nitrogens with zero attached hydrogens (tertiary/aromatic N) is 4. The molecule has 2 fully saturated rings. The van der Waals surface area contributed by atoms with Crippen molar-refractivity contribution in [1.29, 1.82) is 0 Å². The van der Waals surface area contributed by atoms with Crippen LogP contribution < -0.4 is 14.4 Å². The van der Waals surface area contributed by atoms with Crippen LogP contribution in [0.15, 0.2) is 18.2 Å². The second-order valence-corrected chi connectivity index (χ2v) is 9.05. The van der Waals surface area contributed by atoms with Gasteiger partial charge in [-0.25, -0.2) is 0 Å². The lowest BCUT2D eigenvalue weighted by Gasteiger charge is -2.36. The molecule has 0 unspecified atom stereocenters. The molecule has 1 aliphatic carbocycles. The second kappa shape index (κ2) is 7.37. The number of aromatic nitrogens is 4. The molecule has 0 radical (unpaired) electrons. The normalized spacial score (nSPS) is 22.5. The van der Waals surface area contributed by atoms with Crippen molar-refractivity contribution < 1.29 is 14.2 Å². The van der Waals surface area contributed by atoms with Gasteiger partial charge in [0.05, 0.1) is 24.8 Å². The molecule has 8 heteroatoms. The van der Waals surface area contributed by atoms with E-state index in [9.17, 15) is 0 Å². The highest BCUT2D eigenvalue weighted by Gasteiger charge is 2.40. The van der Waals surface area contributed by atoms with Crippen LogP contribution in [0.25, 0.3) is 22.3 Å². The third-order valence-corrected chi connectivity index (χ3v) is 6.03.